The molecule has 1 heterocycles. The first-order valence-corrected chi connectivity index (χ1v) is 5.73. The number of methoxy groups -OCH3 is 2. The highest BCUT2D eigenvalue weighted by Gasteiger charge is 2.22. The lowest BCUT2D eigenvalue weighted by molar-refractivity contribution is -0.122. The Morgan fingerprint density at radius 1 is 1.29 bits per heavy atom. The van der Waals surface area contributed by atoms with Crippen LogP contribution in [-0.4, -0.2) is 26.7 Å². The van der Waals surface area contributed by atoms with E-state index in [9.17, 15) is 4.79 Å². The summed E-state index contributed by atoms with van der Waals surface area (Å²) in [7, 11) is 3.31. The van der Waals surface area contributed by atoms with E-state index in [0.29, 0.717) is 18.9 Å². The summed E-state index contributed by atoms with van der Waals surface area (Å²) in [4.78, 5) is 11.2. The van der Waals surface area contributed by atoms with E-state index in [4.69, 9.17) is 9.47 Å². The minimum Gasteiger partial charge on any atom is -0.497 e. The highest BCUT2D eigenvalue weighted by molar-refractivity contribution is 5.77. The molecule has 1 aromatic carbocycles. The van der Waals surface area contributed by atoms with Gasteiger partial charge in [0.2, 0.25) is 5.91 Å². The van der Waals surface area contributed by atoms with Crippen LogP contribution in [0.1, 0.15) is 24.3 Å². The molecule has 1 aliphatic heterocycles. The van der Waals surface area contributed by atoms with Crippen LogP contribution in [0, 0.1) is 0 Å². The minimum absolute atomic E-state index is 0.128. The molecule has 4 heteroatoms. The number of nitrogens with one attached hydrogen (secondary N) is 1. The largest absolute Gasteiger partial charge is 0.497 e. The lowest BCUT2D eigenvalue weighted by Crippen LogP contribution is -2.33. The maximum atomic E-state index is 11.2. The first kappa shape index (κ1) is 11.8. The Morgan fingerprint density at radius 2 is 2.12 bits per heavy atom. The van der Waals surface area contributed by atoms with Gasteiger partial charge < -0.3 is 14.8 Å². The van der Waals surface area contributed by atoms with Crippen LogP contribution in [0.5, 0.6) is 11.5 Å². The molecule has 0 spiro atoms. The number of benzene rings is 1. The quantitative estimate of drug-likeness (QED) is 0.867. The van der Waals surface area contributed by atoms with Gasteiger partial charge in [-0.3, -0.25) is 4.79 Å². The van der Waals surface area contributed by atoms with Crippen molar-refractivity contribution in [3.8, 4) is 11.5 Å². The van der Waals surface area contributed by atoms with Crippen LogP contribution >= 0.6 is 0 Å². The second-order valence-corrected chi connectivity index (χ2v) is 4.15. The van der Waals surface area contributed by atoms with Crippen molar-refractivity contribution in [1.82, 2.24) is 5.32 Å². The molecule has 0 aromatic heterocycles. The van der Waals surface area contributed by atoms with Crippen molar-refractivity contribution in [2.24, 2.45) is 0 Å². The smallest absolute Gasteiger partial charge is 0.220 e. The van der Waals surface area contributed by atoms with Gasteiger partial charge in [0, 0.05) is 24.4 Å². The molecular formula is C13H17NO3. The van der Waals surface area contributed by atoms with E-state index in [1.165, 1.54) is 0 Å². The predicted octanol–water partition coefficient (Wildman–Crippen LogP) is 1.70. The zero-order valence-corrected chi connectivity index (χ0v) is 10.2. The second-order valence-electron chi connectivity index (χ2n) is 4.15. The van der Waals surface area contributed by atoms with Gasteiger partial charge in [-0.25, -0.2) is 0 Å². The van der Waals surface area contributed by atoms with Gasteiger partial charge in [0.05, 0.1) is 14.2 Å². The van der Waals surface area contributed by atoms with Gasteiger partial charge >= 0.3 is 0 Å². The number of rotatable bonds is 3. The number of piperidine rings is 1. The Morgan fingerprint density at radius 3 is 2.71 bits per heavy atom. The van der Waals surface area contributed by atoms with Gasteiger partial charge in [0.1, 0.15) is 11.5 Å². The van der Waals surface area contributed by atoms with Crippen LogP contribution < -0.4 is 14.8 Å². The van der Waals surface area contributed by atoms with Gasteiger partial charge in [0.15, 0.2) is 0 Å². The minimum atomic E-state index is 0.128. The summed E-state index contributed by atoms with van der Waals surface area (Å²) < 4.78 is 10.6. The fourth-order valence-electron chi connectivity index (χ4n) is 2.16. The SMILES string of the molecule is COc1ccc(OC)c(C2CCC(=O)NC2)c1. The van der Waals surface area contributed by atoms with Gasteiger partial charge in [-0.05, 0) is 24.6 Å². The molecular weight excluding hydrogens is 218 g/mol. The molecule has 1 atom stereocenters. The molecule has 17 heavy (non-hydrogen) atoms. The van der Waals surface area contributed by atoms with Gasteiger partial charge in [0.25, 0.3) is 0 Å². The lowest BCUT2D eigenvalue weighted by atomic mass is 9.90. The van der Waals surface area contributed by atoms with E-state index in [2.05, 4.69) is 5.32 Å². The fourth-order valence-corrected chi connectivity index (χ4v) is 2.16. The summed E-state index contributed by atoms with van der Waals surface area (Å²) in [5.74, 6) is 2.10. The molecule has 92 valence electrons. The van der Waals surface area contributed by atoms with Crippen molar-refractivity contribution in [2.75, 3.05) is 20.8 Å². The molecule has 4 nitrogen and oxygen atoms in total. The number of ether oxygens (including phenoxy) is 2. The number of amides is 1. The molecule has 0 radical (unpaired) electrons. The van der Waals surface area contributed by atoms with Crippen LogP contribution in [0.4, 0.5) is 0 Å². The monoisotopic (exact) mass is 235 g/mol. The highest BCUT2D eigenvalue weighted by atomic mass is 16.5. The summed E-state index contributed by atoms with van der Waals surface area (Å²) in [6, 6.07) is 5.77. The standard InChI is InChI=1S/C13H17NO3/c1-16-10-4-5-12(17-2)11(7-10)9-3-6-13(15)14-8-9/h4-5,7,9H,3,6,8H2,1-2H3,(H,14,15). The predicted molar refractivity (Wildman–Crippen MR) is 64.5 cm³/mol. The van der Waals surface area contributed by atoms with Crippen LogP contribution in [0.15, 0.2) is 18.2 Å². The molecule has 1 fully saturated rings. The molecule has 1 aliphatic rings. The van der Waals surface area contributed by atoms with Crippen molar-refractivity contribution in [1.29, 1.82) is 0 Å². The summed E-state index contributed by atoms with van der Waals surface area (Å²) in [5, 5.41) is 2.88. The van der Waals surface area contributed by atoms with E-state index in [1.807, 2.05) is 18.2 Å². The van der Waals surface area contributed by atoms with Gasteiger partial charge in [-0.15, -0.1) is 0 Å². The van der Waals surface area contributed by atoms with Crippen molar-refractivity contribution in [3.63, 3.8) is 0 Å². The van der Waals surface area contributed by atoms with E-state index >= 15 is 0 Å². The zero-order valence-electron chi connectivity index (χ0n) is 10.2. The Bertz CT molecular complexity index is 407. The molecule has 0 saturated carbocycles. The number of carbonyl (C=O) groups excluding carboxylic acids is 1. The van der Waals surface area contributed by atoms with Crippen molar-refractivity contribution >= 4 is 5.91 Å². The number of hydrogen-bond acceptors (Lipinski definition) is 3. The molecule has 0 bridgehead atoms. The average Bonchev–Trinajstić information content (AvgIpc) is 2.39. The summed E-state index contributed by atoms with van der Waals surface area (Å²) >= 11 is 0. The zero-order chi connectivity index (χ0) is 12.3. The summed E-state index contributed by atoms with van der Waals surface area (Å²) in [6.07, 6.45) is 1.43. The molecule has 0 aliphatic carbocycles. The maximum Gasteiger partial charge on any atom is 0.220 e. The number of carbonyl (C=O) groups is 1. The van der Waals surface area contributed by atoms with E-state index in [1.54, 1.807) is 14.2 Å². The molecule has 1 amide bonds. The van der Waals surface area contributed by atoms with Crippen molar-refractivity contribution in [2.45, 2.75) is 18.8 Å². The normalized spacial score (nSPS) is 19.6. The first-order valence-electron chi connectivity index (χ1n) is 5.73. The van der Waals surface area contributed by atoms with Crippen molar-refractivity contribution < 1.29 is 14.3 Å². The van der Waals surface area contributed by atoms with Crippen LogP contribution in [0.3, 0.4) is 0 Å². The highest BCUT2D eigenvalue weighted by Crippen LogP contribution is 2.33. The van der Waals surface area contributed by atoms with Crippen molar-refractivity contribution in [3.05, 3.63) is 23.8 Å². The lowest BCUT2D eigenvalue weighted by Gasteiger charge is -2.24. The third kappa shape index (κ3) is 2.52. The van der Waals surface area contributed by atoms with Crippen LogP contribution in [0.25, 0.3) is 0 Å². The third-order valence-electron chi connectivity index (χ3n) is 3.14. The van der Waals surface area contributed by atoms with E-state index < -0.39 is 0 Å². The Balaban J connectivity index is 2.25. The van der Waals surface area contributed by atoms with Crippen LogP contribution in [0.2, 0.25) is 0 Å². The maximum absolute atomic E-state index is 11.2. The van der Waals surface area contributed by atoms with E-state index in [0.717, 1.165) is 23.5 Å². The molecule has 1 saturated heterocycles. The molecule has 2 rings (SSSR count). The Labute approximate surface area is 101 Å². The second kappa shape index (κ2) is 5.08. The van der Waals surface area contributed by atoms with Gasteiger partial charge in [-0.1, -0.05) is 0 Å². The van der Waals surface area contributed by atoms with Crippen LogP contribution in [-0.2, 0) is 4.79 Å². The van der Waals surface area contributed by atoms with E-state index in [-0.39, 0.29) is 5.91 Å². The fraction of sp³-hybridized carbons (Fsp3) is 0.462. The molecule has 1 aromatic rings. The average molecular weight is 235 g/mol. The number of hydrogen-bond donors (Lipinski definition) is 1. The Kier molecular flexibility index (Phi) is 3.52. The third-order valence-corrected chi connectivity index (χ3v) is 3.14. The molecule has 1 N–H and O–H groups in total. The first-order chi connectivity index (χ1) is 8.24. The van der Waals surface area contributed by atoms with Gasteiger partial charge in [-0.2, -0.15) is 0 Å². The Hall–Kier alpha value is -1.71. The summed E-state index contributed by atoms with van der Waals surface area (Å²) in [6.45, 7) is 0.669. The molecule has 1 unspecified atom stereocenters. The topological polar surface area (TPSA) is 47.6 Å². The summed E-state index contributed by atoms with van der Waals surface area (Å²) in [5.41, 5.74) is 1.10.